The number of nitrogens with zero attached hydrogens (tertiary/aromatic N) is 2. The summed E-state index contributed by atoms with van der Waals surface area (Å²) in [5, 5.41) is 0. The molecule has 0 radical (unpaired) electrons. The Balaban J connectivity index is 1.55. The lowest BCUT2D eigenvalue weighted by molar-refractivity contribution is -0.137. The quantitative estimate of drug-likeness (QED) is 0.285. The van der Waals surface area contributed by atoms with Gasteiger partial charge in [-0.3, -0.25) is 14.4 Å². The Hall–Kier alpha value is -2.48. The van der Waals surface area contributed by atoms with Gasteiger partial charge in [0, 0.05) is 10.1 Å². The third-order valence-electron chi connectivity index (χ3n) is 6.16. The smallest absolute Gasteiger partial charge is 0.257 e. The van der Waals surface area contributed by atoms with Crippen LogP contribution in [0.25, 0.3) is 0 Å². The Morgan fingerprint density at radius 1 is 1.03 bits per heavy atom. The van der Waals surface area contributed by atoms with E-state index in [1.807, 2.05) is 42.5 Å². The van der Waals surface area contributed by atoms with Crippen molar-refractivity contribution < 1.29 is 14.4 Å². The number of imide groups is 1. The van der Waals surface area contributed by atoms with E-state index in [1.165, 1.54) is 23.3 Å². The number of allylic oxidation sites excluding steroid dienone is 1. The molecule has 1 aliphatic heterocycles. The Kier molecular flexibility index (Phi) is 7.40. The third-order valence-corrected chi connectivity index (χ3v) is 6.88. The second-order valence-corrected chi connectivity index (χ2v) is 9.62. The van der Waals surface area contributed by atoms with Crippen molar-refractivity contribution in [3.8, 4) is 0 Å². The molecule has 0 saturated carbocycles. The van der Waals surface area contributed by atoms with Crippen LogP contribution in [0.4, 0.5) is 5.69 Å². The Morgan fingerprint density at radius 3 is 2.47 bits per heavy atom. The van der Waals surface area contributed by atoms with Gasteiger partial charge in [0.25, 0.3) is 5.91 Å². The molecule has 1 unspecified atom stereocenters. The van der Waals surface area contributed by atoms with Crippen molar-refractivity contribution in [1.29, 1.82) is 0 Å². The molecule has 6 heteroatoms. The standard InChI is InChI=1S/C26H27IN2O3/c27-21-11-13-22(14-12-21)29-25(31)18-23(26(29)32)28(16-15-19-7-3-1-4-8-19)24(30)17-20-9-5-2-6-10-20/h2,5-7,9-14,23H,1,3-4,8,15-18H2. The lowest BCUT2D eigenvalue weighted by Gasteiger charge is -2.29. The minimum atomic E-state index is -0.748. The highest BCUT2D eigenvalue weighted by Crippen LogP contribution is 2.28. The maximum Gasteiger partial charge on any atom is 0.257 e. The molecule has 0 aromatic heterocycles. The molecule has 1 aliphatic carbocycles. The highest BCUT2D eigenvalue weighted by atomic mass is 127. The van der Waals surface area contributed by atoms with Gasteiger partial charge in [0.1, 0.15) is 6.04 Å². The lowest BCUT2D eigenvalue weighted by atomic mass is 9.96. The predicted molar refractivity (Wildman–Crippen MR) is 133 cm³/mol. The maximum absolute atomic E-state index is 13.3. The number of hydrogen-bond donors (Lipinski definition) is 0. The van der Waals surface area contributed by atoms with E-state index < -0.39 is 6.04 Å². The van der Waals surface area contributed by atoms with Crippen LogP contribution in [0, 0.1) is 3.57 Å². The fourth-order valence-electron chi connectivity index (χ4n) is 4.44. The summed E-state index contributed by atoms with van der Waals surface area (Å²) in [4.78, 5) is 42.4. The molecule has 1 saturated heterocycles. The van der Waals surface area contributed by atoms with Crippen LogP contribution in [0.5, 0.6) is 0 Å². The van der Waals surface area contributed by atoms with E-state index in [9.17, 15) is 14.4 Å². The fraction of sp³-hybridized carbons (Fsp3) is 0.346. The number of anilines is 1. The molecule has 4 rings (SSSR count). The number of carbonyl (C=O) groups excluding carboxylic acids is 3. The third kappa shape index (κ3) is 5.28. The van der Waals surface area contributed by atoms with Gasteiger partial charge >= 0.3 is 0 Å². The highest BCUT2D eigenvalue weighted by molar-refractivity contribution is 14.1. The summed E-state index contributed by atoms with van der Waals surface area (Å²) in [5.74, 6) is -0.672. The van der Waals surface area contributed by atoms with Crippen molar-refractivity contribution in [3.05, 3.63) is 75.4 Å². The average molecular weight is 542 g/mol. The zero-order chi connectivity index (χ0) is 22.5. The Bertz CT molecular complexity index is 1020. The van der Waals surface area contributed by atoms with Gasteiger partial charge in [0.05, 0.1) is 18.5 Å². The van der Waals surface area contributed by atoms with Crippen molar-refractivity contribution in [3.63, 3.8) is 0 Å². The van der Waals surface area contributed by atoms with Crippen molar-refractivity contribution >= 4 is 46.0 Å². The molecule has 5 nitrogen and oxygen atoms in total. The minimum absolute atomic E-state index is 0.0321. The van der Waals surface area contributed by atoms with E-state index in [0.29, 0.717) is 12.2 Å². The summed E-state index contributed by atoms with van der Waals surface area (Å²) in [6.45, 7) is 0.460. The van der Waals surface area contributed by atoms with E-state index in [2.05, 4.69) is 28.7 Å². The van der Waals surface area contributed by atoms with Crippen LogP contribution in [0.3, 0.4) is 0 Å². The van der Waals surface area contributed by atoms with E-state index in [0.717, 1.165) is 28.4 Å². The van der Waals surface area contributed by atoms with Crippen LogP contribution in [0.2, 0.25) is 0 Å². The van der Waals surface area contributed by atoms with Gasteiger partial charge in [-0.05, 0) is 84.5 Å². The first-order chi connectivity index (χ1) is 15.5. The second-order valence-electron chi connectivity index (χ2n) is 8.37. The normalized spacial score (nSPS) is 18.6. The van der Waals surface area contributed by atoms with Gasteiger partial charge in [0.2, 0.25) is 11.8 Å². The number of amides is 3. The van der Waals surface area contributed by atoms with Gasteiger partial charge in [0.15, 0.2) is 0 Å². The van der Waals surface area contributed by atoms with Crippen molar-refractivity contribution in [1.82, 2.24) is 4.90 Å². The molecule has 1 heterocycles. The summed E-state index contributed by atoms with van der Waals surface area (Å²) in [6, 6.07) is 16.1. The number of halogens is 1. The molecule has 32 heavy (non-hydrogen) atoms. The number of carbonyl (C=O) groups is 3. The maximum atomic E-state index is 13.3. The molecule has 0 N–H and O–H groups in total. The Labute approximate surface area is 202 Å². The molecule has 2 aliphatic rings. The number of rotatable bonds is 7. The van der Waals surface area contributed by atoms with Crippen LogP contribution in [-0.4, -0.2) is 35.2 Å². The van der Waals surface area contributed by atoms with Crippen LogP contribution < -0.4 is 4.90 Å². The topological polar surface area (TPSA) is 57.7 Å². The van der Waals surface area contributed by atoms with E-state index >= 15 is 0 Å². The molecule has 2 aromatic carbocycles. The first-order valence-corrected chi connectivity index (χ1v) is 12.2. The summed E-state index contributed by atoms with van der Waals surface area (Å²) in [5.41, 5.74) is 2.82. The summed E-state index contributed by atoms with van der Waals surface area (Å²) < 4.78 is 1.03. The van der Waals surface area contributed by atoms with Gasteiger partial charge in [-0.15, -0.1) is 0 Å². The van der Waals surface area contributed by atoms with Crippen molar-refractivity contribution in [2.45, 2.75) is 51.0 Å². The number of benzene rings is 2. The molecular formula is C26H27IN2O3. The van der Waals surface area contributed by atoms with E-state index in [4.69, 9.17) is 0 Å². The summed E-state index contributed by atoms with van der Waals surface area (Å²) in [7, 11) is 0. The second kappa shape index (κ2) is 10.4. The fourth-order valence-corrected chi connectivity index (χ4v) is 4.80. The van der Waals surface area contributed by atoms with Gasteiger partial charge in [-0.1, -0.05) is 42.0 Å². The summed E-state index contributed by atoms with van der Waals surface area (Å²) >= 11 is 2.19. The summed E-state index contributed by atoms with van der Waals surface area (Å²) in [6.07, 6.45) is 7.78. The number of hydrogen-bond acceptors (Lipinski definition) is 3. The molecule has 0 spiro atoms. The van der Waals surface area contributed by atoms with E-state index in [1.54, 1.807) is 17.0 Å². The molecule has 1 atom stereocenters. The van der Waals surface area contributed by atoms with Crippen LogP contribution >= 0.6 is 22.6 Å². The minimum Gasteiger partial charge on any atom is -0.329 e. The first-order valence-electron chi connectivity index (χ1n) is 11.2. The lowest BCUT2D eigenvalue weighted by Crippen LogP contribution is -2.46. The average Bonchev–Trinajstić information content (AvgIpc) is 3.09. The van der Waals surface area contributed by atoms with Crippen LogP contribution in [0.15, 0.2) is 66.2 Å². The first kappa shape index (κ1) is 22.7. The predicted octanol–water partition coefficient (Wildman–Crippen LogP) is 4.88. The van der Waals surface area contributed by atoms with Gasteiger partial charge < -0.3 is 4.90 Å². The molecule has 2 aromatic rings. The zero-order valence-electron chi connectivity index (χ0n) is 18.0. The van der Waals surface area contributed by atoms with Gasteiger partial charge in [-0.25, -0.2) is 4.90 Å². The largest absolute Gasteiger partial charge is 0.329 e. The van der Waals surface area contributed by atoms with Crippen LogP contribution in [0.1, 0.15) is 44.1 Å². The SMILES string of the molecule is O=C1CC(N(CCC2=CCCCC2)C(=O)Cc2ccccc2)C(=O)N1c1ccc(I)cc1. The van der Waals surface area contributed by atoms with Gasteiger partial charge in [-0.2, -0.15) is 0 Å². The molecule has 166 valence electrons. The molecule has 3 amide bonds. The monoisotopic (exact) mass is 542 g/mol. The zero-order valence-corrected chi connectivity index (χ0v) is 20.2. The van der Waals surface area contributed by atoms with Crippen LogP contribution in [-0.2, 0) is 20.8 Å². The van der Waals surface area contributed by atoms with Crippen molar-refractivity contribution in [2.75, 3.05) is 11.4 Å². The highest BCUT2D eigenvalue weighted by Gasteiger charge is 2.44. The molecule has 0 bridgehead atoms. The van der Waals surface area contributed by atoms with Crippen molar-refractivity contribution in [2.24, 2.45) is 0 Å². The molecule has 1 fully saturated rings. The molecular weight excluding hydrogens is 515 g/mol. The Morgan fingerprint density at radius 2 is 1.78 bits per heavy atom. The van der Waals surface area contributed by atoms with E-state index in [-0.39, 0.29) is 30.6 Å².